The first-order chi connectivity index (χ1) is 20.3. The zero-order chi connectivity index (χ0) is 30.6. The van der Waals surface area contributed by atoms with Crippen molar-refractivity contribution in [3.63, 3.8) is 0 Å². The lowest BCUT2D eigenvalue weighted by Crippen LogP contribution is -2.55. The fourth-order valence-corrected chi connectivity index (χ4v) is 5.55. The Morgan fingerprint density at radius 3 is 2.55 bits per heavy atom. The van der Waals surface area contributed by atoms with Crippen LogP contribution in [0.3, 0.4) is 0 Å². The van der Waals surface area contributed by atoms with Crippen LogP contribution in [0.2, 0.25) is 0 Å². The number of carbonyl (C=O) groups excluding carboxylic acids is 3. The van der Waals surface area contributed by atoms with Gasteiger partial charge in [-0.1, -0.05) is 18.2 Å². The van der Waals surface area contributed by atoms with E-state index in [2.05, 4.69) is 5.32 Å². The minimum atomic E-state index is -1.23. The van der Waals surface area contributed by atoms with E-state index in [1.54, 1.807) is 18.1 Å². The summed E-state index contributed by atoms with van der Waals surface area (Å²) in [5, 5.41) is 23.6. The highest BCUT2D eigenvalue weighted by atomic mass is 127. The molecule has 2 amide bonds. The van der Waals surface area contributed by atoms with E-state index in [4.69, 9.17) is 18.9 Å². The van der Waals surface area contributed by atoms with Crippen molar-refractivity contribution < 1.29 is 43.5 Å². The fraction of sp³-hybridized carbons (Fsp3) is 0.433. The van der Waals surface area contributed by atoms with Crippen LogP contribution < -0.4 is 19.5 Å². The van der Waals surface area contributed by atoms with E-state index in [9.17, 15) is 24.6 Å². The van der Waals surface area contributed by atoms with E-state index in [1.807, 2.05) is 46.9 Å². The fourth-order valence-electron chi connectivity index (χ4n) is 4.80. The zero-order valence-corrected chi connectivity index (χ0v) is 26.0. The molecule has 0 saturated carbocycles. The van der Waals surface area contributed by atoms with Gasteiger partial charge in [0.25, 0.3) is 0 Å². The number of rotatable bonds is 15. The van der Waals surface area contributed by atoms with Crippen LogP contribution in [0.5, 0.6) is 17.2 Å². The van der Waals surface area contributed by atoms with Gasteiger partial charge in [0.15, 0.2) is 11.5 Å². The number of ether oxygens (including phenoxy) is 4. The Bertz CT molecular complexity index is 1270. The normalized spacial score (nSPS) is 18.0. The van der Waals surface area contributed by atoms with Gasteiger partial charge >= 0.3 is 0 Å². The number of nitrogens with zero attached hydrogens (tertiary/aromatic N) is 1. The van der Waals surface area contributed by atoms with E-state index in [1.165, 1.54) is 26.4 Å². The third kappa shape index (κ3) is 8.43. The highest BCUT2D eigenvalue weighted by molar-refractivity contribution is 14.1. The number of methoxy groups -OCH3 is 3. The average Bonchev–Trinajstić information content (AvgIpc) is 3.00. The van der Waals surface area contributed by atoms with Gasteiger partial charge in [-0.3, -0.25) is 14.4 Å². The van der Waals surface area contributed by atoms with Crippen molar-refractivity contribution in [3.8, 4) is 17.2 Å². The van der Waals surface area contributed by atoms with Gasteiger partial charge in [0, 0.05) is 37.8 Å². The Labute approximate surface area is 258 Å². The van der Waals surface area contributed by atoms with Crippen molar-refractivity contribution in [2.45, 2.75) is 37.5 Å². The van der Waals surface area contributed by atoms with Crippen LogP contribution in [0.1, 0.15) is 28.8 Å². The molecule has 12 heteroatoms. The summed E-state index contributed by atoms with van der Waals surface area (Å²) in [5.74, 6) is 0.542. The van der Waals surface area contributed by atoms with Gasteiger partial charge in [0.1, 0.15) is 24.2 Å². The number of aldehydes is 1. The molecule has 0 unspecified atom stereocenters. The Morgan fingerprint density at radius 1 is 1.14 bits per heavy atom. The van der Waals surface area contributed by atoms with E-state index < -0.39 is 24.2 Å². The van der Waals surface area contributed by atoms with Gasteiger partial charge in [-0.25, -0.2) is 0 Å². The molecule has 0 radical (unpaired) electrons. The molecule has 2 aromatic rings. The van der Waals surface area contributed by atoms with Crippen molar-refractivity contribution in [1.82, 2.24) is 10.2 Å². The van der Waals surface area contributed by atoms with Crippen molar-refractivity contribution in [2.75, 3.05) is 47.6 Å². The van der Waals surface area contributed by atoms with Crippen molar-refractivity contribution in [3.05, 3.63) is 62.7 Å². The maximum atomic E-state index is 13.5. The van der Waals surface area contributed by atoms with E-state index in [-0.39, 0.29) is 56.6 Å². The van der Waals surface area contributed by atoms with Crippen molar-refractivity contribution in [1.29, 1.82) is 0 Å². The van der Waals surface area contributed by atoms with Gasteiger partial charge in [-0.05, 0) is 58.9 Å². The maximum Gasteiger partial charge on any atom is 0.247 e. The summed E-state index contributed by atoms with van der Waals surface area (Å²) >= 11 is 2.01. The monoisotopic (exact) mass is 696 g/mol. The van der Waals surface area contributed by atoms with E-state index >= 15 is 0 Å². The molecular weight excluding hydrogens is 659 g/mol. The minimum Gasteiger partial charge on any atom is -0.496 e. The molecule has 1 aliphatic carbocycles. The summed E-state index contributed by atoms with van der Waals surface area (Å²) in [5.41, 5.74) is 1.56. The summed E-state index contributed by atoms with van der Waals surface area (Å²) in [7, 11) is 4.51. The Hall–Kier alpha value is -3.20. The topological polar surface area (TPSA) is 144 Å². The molecule has 0 heterocycles. The molecule has 0 aliphatic heterocycles. The lowest BCUT2D eigenvalue weighted by molar-refractivity contribution is -0.139. The molecule has 2 aromatic carbocycles. The molecule has 1 aliphatic rings. The standard InChI is InChI=1S/C30H37IN2O9/c1-39-13-9-27(36)33(11-8-20-6-4-5-7-24(20)40-2)23-16-21(30(38)32-10-12-34)17-25(28(23)37)42-29-22(31)14-19(18-35)15-26(29)41-3/h4-7,14-15,17-18,23,25,28,34,37H,8-13,16H2,1-3H3,(H,32,38)/t23-,25+,28+/m1/s1. The summed E-state index contributed by atoms with van der Waals surface area (Å²) in [6, 6.07) is 9.79. The van der Waals surface area contributed by atoms with Crippen LogP contribution in [0.4, 0.5) is 0 Å². The summed E-state index contributed by atoms with van der Waals surface area (Å²) in [4.78, 5) is 39.5. The third-order valence-corrected chi connectivity index (χ3v) is 7.71. The molecule has 3 atom stereocenters. The predicted octanol–water partition coefficient (Wildman–Crippen LogP) is 2.14. The molecule has 0 aromatic heterocycles. The zero-order valence-electron chi connectivity index (χ0n) is 23.9. The molecule has 0 bridgehead atoms. The third-order valence-electron chi connectivity index (χ3n) is 6.91. The Kier molecular flexibility index (Phi) is 13.0. The number of hydrogen-bond donors (Lipinski definition) is 3. The van der Waals surface area contributed by atoms with Crippen LogP contribution >= 0.6 is 22.6 Å². The summed E-state index contributed by atoms with van der Waals surface area (Å²) < 4.78 is 22.9. The molecule has 228 valence electrons. The second-order valence-electron chi connectivity index (χ2n) is 9.56. The quantitative estimate of drug-likeness (QED) is 0.189. The van der Waals surface area contributed by atoms with Crippen LogP contribution in [0.25, 0.3) is 0 Å². The predicted molar refractivity (Wildman–Crippen MR) is 163 cm³/mol. The first-order valence-electron chi connectivity index (χ1n) is 13.4. The van der Waals surface area contributed by atoms with Crippen molar-refractivity contribution in [2.24, 2.45) is 0 Å². The van der Waals surface area contributed by atoms with Gasteiger partial charge < -0.3 is 39.4 Å². The van der Waals surface area contributed by atoms with Crippen LogP contribution in [-0.2, 0) is 20.7 Å². The smallest absolute Gasteiger partial charge is 0.247 e. The number of benzene rings is 2. The number of nitrogens with one attached hydrogen (secondary N) is 1. The SMILES string of the molecule is COCCC(=O)N(CCc1ccccc1OC)[C@@H]1CC(C(=O)NCCO)=C[C@H](Oc2c(I)cc(C=O)cc2OC)[C@H]1O. The second kappa shape index (κ2) is 16.4. The lowest BCUT2D eigenvalue weighted by Gasteiger charge is -2.41. The van der Waals surface area contributed by atoms with Gasteiger partial charge in [0.2, 0.25) is 11.8 Å². The summed E-state index contributed by atoms with van der Waals surface area (Å²) in [6.07, 6.45) is 0.505. The first kappa shape index (κ1) is 33.3. The highest BCUT2D eigenvalue weighted by Gasteiger charge is 2.40. The van der Waals surface area contributed by atoms with Gasteiger partial charge in [-0.15, -0.1) is 0 Å². The van der Waals surface area contributed by atoms with E-state index in [0.717, 1.165) is 5.56 Å². The van der Waals surface area contributed by atoms with Crippen LogP contribution in [0.15, 0.2) is 48.0 Å². The maximum absolute atomic E-state index is 13.5. The molecule has 0 spiro atoms. The molecule has 0 fully saturated rings. The van der Waals surface area contributed by atoms with E-state index in [0.29, 0.717) is 33.2 Å². The first-order valence-corrected chi connectivity index (χ1v) is 14.5. The Morgan fingerprint density at radius 2 is 1.88 bits per heavy atom. The molecule has 0 saturated heterocycles. The van der Waals surface area contributed by atoms with Crippen molar-refractivity contribution >= 4 is 40.7 Å². The number of carbonyl (C=O) groups is 3. The molecular formula is C30H37IN2O9. The number of para-hydroxylation sites is 1. The largest absolute Gasteiger partial charge is 0.496 e. The second-order valence-corrected chi connectivity index (χ2v) is 10.7. The van der Waals surface area contributed by atoms with Gasteiger partial charge in [-0.2, -0.15) is 0 Å². The minimum absolute atomic E-state index is 0.0398. The number of aliphatic hydroxyl groups excluding tert-OH is 2. The molecule has 42 heavy (non-hydrogen) atoms. The summed E-state index contributed by atoms with van der Waals surface area (Å²) in [6.45, 7) is 0.213. The van der Waals surface area contributed by atoms with Gasteiger partial charge in [0.05, 0.1) is 43.5 Å². The number of aliphatic hydroxyl groups is 2. The Balaban J connectivity index is 2.01. The number of hydrogen-bond acceptors (Lipinski definition) is 9. The molecule has 11 nitrogen and oxygen atoms in total. The average molecular weight is 697 g/mol. The molecule has 3 N–H and O–H groups in total. The van der Waals surface area contributed by atoms with Crippen LogP contribution in [0, 0.1) is 3.57 Å². The number of halogens is 1. The molecule has 3 rings (SSSR count). The lowest BCUT2D eigenvalue weighted by atomic mass is 9.87. The number of amides is 2. The van der Waals surface area contributed by atoms with Crippen LogP contribution in [-0.4, -0.2) is 99.1 Å². The highest BCUT2D eigenvalue weighted by Crippen LogP contribution is 2.37.